The molecule has 1 aromatic heterocycles. The first-order valence-corrected chi connectivity index (χ1v) is 4.08. The molecule has 0 bridgehead atoms. The molecule has 0 amide bonds. The number of rotatable bonds is 1. The number of nitrogens with zero attached hydrogens (tertiary/aromatic N) is 2. The molecule has 0 aliphatic rings. The minimum Gasteiger partial charge on any atom is -0.475 e. The van der Waals surface area contributed by atoms with Gasteiger partial charge in [0.2, 0.25) is 0 Å². The van der Waals surface area contributed by atoms with Crippen molar-refractivity contribution in [1.82, 2.24) is 9.71 Å². The van der Waals surface area contributed by atoms with Crippen molar-refractivity contribution >= 4 is 28.6 Å². The molecule has 0 unspecified atom stereocenters. The Kier molecular flexibility index (Phi) is 1.82. The van der Waals surface area contributed by atoms with E-state index in [2.05, 4.69) is 4.98 Å². The van der Waals surface area contributed by atoms with E-state index < -0.39 is 11.8 Å². The zero-order valence-electron chi connectivity index (χ0n) is 6.81. The summed E-state index contributed by atoms with van der Waals surface area (Å²) >= 11 is 5.68. The molecule has 0 fully saturated rings. The van der Waals surface area contributed by atoms with Gasteiger partial charge in [-0.2, -0.15) is 4.73 Å². The predicted octanol–water partition coefficient (Wildman–Crippen LogP) is 1.63. The minimum atomic E-state index is -1.29. The van der Waals surface area contributed by atoms with E-state index >= 15 is 0 Å². The maximum atomic E-state index is 10.6. The number of carboxylic acid groups (broad SMARTS) is 1. The van der Waals surface area contributed by atoms with Gasteiger partial charge in [-0.05, 0) is 18.2 Å². The van der Waals surface area contributed by atoms with Gasteiger partial charge in [0.1, 0.15) is 5.52 Å². The molecule has 0 spiro atoms. The van der Waals surface area contributed by atoms with Gasteiger partial charge < -0.3 is 10.3 Å². The monoisotopic (exact) mass is 212 g/mol. The number of hydrogen-bond donors (Lipinski definition) is 2. The van der Waals surface area contributed by atoms with Crippen molar-refractivity contribution in [3.8, 4) is 0 Å². The highest BCUT2D eigenvalue weighted by atomic mass is 35.5. The number of carboxylic acids is 1. The lowest BCUT2D eigenvalue weighted by Gasteiger charge is -1.94. The van der Waals surface area contributed by atoms with E-state index in [1.165, 1.54) is 12.1 Å². The second-order valence-corrected chi connectivity index (χ2v) is 3.12. The van der Waals surface area contributed by atoms with E-state index in [0.29, 0.717) is 15.3 Å². The standard InChI is InChI=1S/C8H5ClN2O3/c9-4-1-2-5-6(3-4)11(14)7(10-5)8(12)13/h1-3,14H,(H,12,13). The van der Waals surface area contributed by atoms with Gasteiger partial charge in [-0.15, -0.1) is 0 Å². The first kappa shape index (κ1) is 8.83. The van der Waals surface area contributed by atoms with Crippen LogP contribution in [-0.2, 0) is 0 Å². The van der Waals surface area contributed by atoms with Crippen LogP contribution in [0.2, 0.25) is 5.02 Å². The van der Waals surface area contributed by atoms with Gasteiger partial charge in [-0.1, -0.05) is 11.6 Å². The number of aromatic nitrogens is 2. The smallest absolute Gasteiger partial charge is 0.375 e. The topological polar surface area (TPSA) is 75.3 Å². The highest BCUT2D eigenvalue weighted by molar-refractivity contribution is 6.31. The molecular weight excluding hydrogens is 208 g/mol. The molecular formula is C8H5ClN2O3. The molecule has 1 aromatic carbocycles. The van der Waals surface area contributed by atoms with Crippen LogP contribution in [0.3, 0.4) is 0 Å². The number of fused-ring (bicyclic) bond motifs is 1. The third-order valence-electron chi connectivity index (χ3n) is 1.78. The Morgan fingerprint density at radius 3 is 2.86 bits per heavy atom. The van der Waals surface area contributed by atoms with Gasteiger partial charge in [0.15, 0.2) is 0 Å². The van der Waals surface area contributed by atoms with E-state index in [4.69, 9.17) is 16.7 Å². The summed E-state index contributed by atoms with van der Waals surface area (Å²) < 4.78 is 0.504. The maximum Gasteiger partial charge on any atom is 0.375 e. The van der Waals surface area contributed by atoms with Gasteiger partial charge >= 0.3 is 5.97 Å². The Morgan fingerprint density at radius 1 is 1.50 bits per heavy atom. The van der Waals surface area contributed by atoms with Gasteiger partial charge in [0, 0.05) is 5.02 Å². The Bertz CT molecular complexity index is 521. The van der Waals surface area contributed by atoms with Crippen LogP contribution in [0.1, 0.15) is 10.6 Å². The second kappa shape index (κ2) is 2.88. The average molecular weight is 213 g/mol. The van der Waals surface area contributed by atoms with Crippen LogP contribution in [0.5, 0.6) is 0 Å². The summed E-state index contributed by atoms with van der Waals surface area (Å²) in [4.78, 5) is 14.3. The number of halogens is 1. The van der Waals surface area contributed by atoms with E-state index in [1.54, 1.807) is 6.07 Å². The van der Waals surface area contributed by atoms with Crippen molar-refractivity contribution in [3.63, 3.8) is 0 Å². The van der Waals surface area contributed by atoms with Crippen LogP contribution in [0.25, 0.3) is 11.0 Å². The molecule has 72 valence electrons. The number of imidazole rings is 1. The fraction of sp³-hybridized carbons (Fsp3) is 0. The van der Waals surface area contributed by atoms with Crippen molar-refractivity contribution in [3.05, 3.63) is 29.0 Å². The molecule has 0 aliphatic carbocycles. The zero-order valence-corrected chi connectivity index (χ0v) is 7.56. The molecule has 0 saturated heterocycles. The first-order chi connectivity index (χ1) is 6.59. The normalized spacial score (nSPS) is 10.6. The van der Waals surface area contributed by atoms with E-state index in [9.17, 15) is 10.0 Å². The molecule has 0 radical (unpaired) electrons. The SMILES string of the molecule is O=C(O)c1nc2ccc(Cl)cc2n1O. The van der Waals surface area contributed by atoms with Crippen molar-refractivity contribution in [2.75, 3.05) is 0 Å². The van der Waals surface area contributed by atoms with Crippen LogP contribution >= 0.6 is 11.6 Å². The van der Waals surface area contributed by atoms with Gasteiger partial charge in [-0.3, -0.25) is 0 Å². The number of carbonyl (C=O) groups is 1. The molecule has 2 N–H and O–H groups in total. The Balaban J connectivity index is 2.80. The molecule has 14 heavy (non-hydrogen) atoms. The molecule has 2 rings (SSSR count). The summed E-state index contributed by atoms with van der Waals surface area (Å²) in [6, 6.07) is 4.55. The van der Waals surface area contributed by atoms with Gasteiger partial charge in [0.05, 0.1) is 5.52 Å². The largest absolute Gasteiger partial charge is 0.475 e. The van der Waals surface area contributed by atoms with Gasteiger partial charge in [0.25, 0.3) is 5.82 Å². The van der Waals surface area contributed by atoms with Crippen molar-refractivity contribution in [2.24, 2.45) is 0 Å². The fourth-order valence-electron chi connectivity index (χ4n) is 1.17. The summed E-state index contributed by atoms with van der Waals surface area (Å²) in [6.07, 6.45) is 0. The Labute approximate surface area is 83.1 Å². The summed E-state index contributed by atoms with van der Waals surface area (Å²) in [5.41, 5.74) is 0.657. The molecule has 1 heterocycles. The van der Waals surface area contributed by atoms with Crippen LogP contribution in [0.15, 0.2) is 18.2 Å². The minimum absolute atomic E-state index is 0.273. The fourth-order valence-corrected chi connectivity index (χ4v) is 1.34. The number of benzene rings is 1. The summed E-state index contributed by atoms with van der Waals surface area (Å²) in [5, 5.41) is 18.5. The molecule has 0 atom stereocenters. The number of aromatic carboxylic acids is 1. The molecule has 0 aliphatic heterocycles. The second-order valence-electron chi connectivity index (χ2n) is 2.69. The van der Waals surface area contributed by atoms with Gasteiger partial charge in [-0.25, -0.2) is 9.78 Å². The third kappa shape index (κ3) is 1.18. The van der Waals surface area contributed by atoms with Crippen LogP contribution in [0, 0.1) is 0 Å². The average Bonchev–Trinajstić information content (AvgIpc) is 2.44. The van der Waals surface area contributed by atoms with Crippen LogP contribution in [0.4, 0.5) is 0 Å². The molecule has 5 nitrogen and oxygen atoms in total. The predicted molar refractivity (Wildman–Crippen MR) is 48.9 cm³/mol. The van der Waals surface area contributed by atoms with Crippen molar-refractivity contribution < 1.29 is 15.1 Å². The third-order valence-corrected chi connectivity index (χ3v) is 2.02. The highest BCUT2D eigenvalue weighted by Gasteiger charge is 2.15. The summed E-state index contributed by atoms with van der Waals surface area (Å²) in [6.45, 7) is 0. The molecule has 2 aromatic rings. The lowest BCUT2D eigenvalue weighted by molar-refractivity contribution is 0.0639. The van der Waals surface area contributed by atoms with E-state index in [0.717, 1.165) is 0 Å². The van der Waals surface area contributed by atoms with Crippen LogP contribution in [-0.4, -0.2) is 26.0 Å². The number of hydrogen-bond acceptors (Lipinski definition) is 3. The first-order valence-electron chi connectivity index (χ1n) is 3.70. The quantitative estimate of drug-likeness (QED) is 0.705. The van der Waals surface area contributed by atoms with Crippen molar-refractivity contribution in [1.29, 1.82) is 0 Å². The highest BCUT2D eigenvalue weighted by Crippen LogP contribution is 2.19. The molecule has 0 saturated carbocycles. The molecule has 6 heteroatoms. The summed E-state index contributed by atoms with van der Waals surface area (Å²) in [5.74, 6) is -1.72. The van der Waals surface area contributed by atoms with E-state index in [1.807, 2.05) is 0 Å². The van der Waals surface area contributed by atoms with E-state index in [-0.39, 0.29) is 5.52 Å². The summed E-state index contributed by atoms with van der Waals surface area (Å²) in [7, 11) is 0. The maximum absolute atomic E-state index is 10.6. The Morgan fingerprint density at radius 2 is 2.21 bits per heavy atom. The lowest BCUT2D eigenvalue weighted by Crippen LogP contribution is -2.06. The Hall–Kier alpha value is -1.75. The van der Waals surface area contributed by atoms with Crippen LogP contribution < -0.4 is 0 Å². The van der Waals surface area contributed by atoms with Crippen molar-refractivity contribution in [2.45, 2.75) is 0 Å². The zero-order chi connectivity index (χ0) is 10.3. The lowest BCUT2D eigenvalue weighted by atomic mass is 10.3.